The molecule has 21 heavy (non-hydrogen) atoms. The lowest BCUT2D eigenvalue weighted by Crippen LogP contribution is -2.07. The summed E-state index contributed by atoms with van der Waals surface area (Å²) in [5, 5.41) is 16.9. The Morgan fingerprint density at radius 3 is 2.76 bits per heavy atom. The molecule has 1 aromatic carbocycles. The SMILES string of the molecule is Cc1nn(CC(C)C)cc1NCc1ccccc1C(=O)O. The topological polar surface area (TPSA) is 67.2 Å². The number of carboxylic acid groups (broad SMARTS) is 1. The van der Waals surface area contributed by atoms with E-state index in [0.29, 0.717) is 18.0 Å². The van der Waals surface area contributed by atoms with Crippen molar-refractivity contribution in [2.24, 2.45) is 5.92 Å². The molecule has 0 unspecified atom stereocenters. The molecule has 1 heterocycles. The van der Waals surface area contributed by atoms with Gasteiger partial charge in [0, 0.05) is 19.3 Å². The smallest absolute Gasteiger partial charge is 0.336 e. The standard InChI is InChI=1S/C16H21N3O2/c1-11(2)9-19-10-15(12(3)18-19)17-8-13-6-4-5-7-14(13)16(20)21/h4-7,10-11,17H,8-9H2,1-3H3,(H,20,21). The Labute approximate surface area is 124 Å². The van der Waals surface area contributed by atoms with Crippen LogP contribution in [0.5, 0.6) is 0 Å². The Hall–Kier alpha value is -2.30. The normalized spacial score (nSPS) is 10.9. The molecule has 0 saturated heterocycles. The van der Waals surface area contributed by atoms with Crippen molar-refractivity contribution >= 4 is 11.7 Å². The molecular formula is C16H21N3O2. The summed E-state index contributed by atoms with van der Waals surface area (Å²) in [7, 11) is 0. The number of hydrogen-bond donors (Lipinski definition) is 2. The number of anilines is 1. The Morgan fingerprint density at radius 2 is 2.10 bits per heavy atom. The number of rotatable bonds is 6. The molecule has 0 bridgehead atoms. The molecule has 1 aromatic heterocycles. The van der Waals surface area contributed by atoms with Gasteiger partial charge in [-0.3, -0.25) is 4.68 Å². The van der Waals surface area contributed by atoms with Crippen LogP contribution in [-0.2, 0) is 13.1 Å². The maximum absolute atomic E-state index is 11.2. The summed E-state index contributed by atoms with van der Waals surface area (Å²) in [6.45, 7) is 7.58. The van der Waals surface area contributed by atoms with Gasteiger partial charge in [0.1, 0.15) is 0 Å². The Bertz CT molecular complexity index is 632. The second-order valence-electron chi connectivity index (χ2n) is 5.56. The minimum atomic E-state index is -0.903. The Morgan fingerprint density at radius 1 is 1.38 bits per heavy atom. The number of nitrogens with zero attached hydrogens (tertiary/aromatic N) is 2. The lowest BCUT2D eigenvalue weighted by atomic mass is 10.1. The molecule has 5 heteroatoms. The van der Waals surface area contributed by atoms with E-state index in [0.717, 1.165) is 23.5 Å². The van der Waals surface area contributed by atoms with Crippen LogP contribution in [0.2, 0.25) is 0 Å². The van der Waals surface area contributed by atoms with Gasteiger partial charge in [-0.25, -0.2) is 4.79 Å². The summed E-state index contributed by atoms with van der Waals surface area (Å²) < 4.78 is 1.92. The molecule has 0 saturated carbocycles. The molecule has 0 aliphatic heterocycles. The number of nitrogens with one attached hydrogen (secondary N) is 1. The molecule has 0 radical (unpaired) electrons. The molecule has 0 atom stereocenters. The second-order valence-corrected chi connectivity index (χ2v) is 5.56. The molecule has 2 N–H and O–H groups in total. The highest BCUT2D eigenvalue weighted by Gasteiger charge is 2.10. The van der Waals surface area contributed by atoms with Crippen LogP contribution in [0.15, 0.2) is 30.5 Å². The third kappa shape index (κ3) is 3.84. The molecule has 2 rings (SSSR count). The number of aryl methyl sites for hydroxylation is 1. The third-order valence-electron chi connectivity index (χ3n) is 3.22. The van der Waals surface area contributed by atoms with Crippen molar-refractivity contribution in [2.45, 2.75) is 33.9 Å². The quantitative estimate of drug-likeness (QED) is 0.856. The van der Waals surface area contributed by atoms with Gasteiger partial charge in [0.05, 0.1) is 16.9 Å². The number of carbonyl (C=O) groups is 1. The predicted molar refractivity (Wildman–Crippen MR) is 82.5 cm³/mol. The van der Waals surface area contributed by atoms with Crippen LogP contribution < -0.4 is 5.32 Å². The van der Waals surface area contributed by atoms with Crippen molar-refractivity contribution in [3.8, 4) is 0 Å². The zero-order chi connectivity index (χ0) is 15.4. The minimum Gasteiger partial charge on any atom is -0.478 e. The van der Waals surface area contributed by atoms with Crippen LogP contribution in [0.1, 0.15) is 35.5 Å². The van der Waals surface area contributed by atoms with Crippen LogP contribution in [0.25, 0.3) is 0 Å². The Kier molecular flexibility index (Phi) is 4.62. The van der Waals surface area contributed by atoms with Gasteiger partial charge in [0.25, 0.3) is 0 Å². The lowest BCUT2D eigenvalue weighted by Gasteiger charge is -2.08. The summed E-state index contributed by atoms with van der Waals surface area (Å²) in [5.41, 5.74) is 2.96. The van der Waals surface area contributed by atoms with Crippen molar-refractivity contribution in [1.29, 1.82) is 0 Å². The second kappa shape index (κ2) is 6.43. The predicted octanol–water partition coefficient (Wildman–Crippen LogP) is 3.16. The maximum atomic E-state index is 11.2. The largest absolute Gasteiger partial charge is 0.478 e. The van der Waals surface area contributed by atoms with Gasteiger partial charge in [-0.1, -0.05) is 32.0 Å². The fourth-order valence-corrected chi connectivity index (χ4v) is 2.23. The lowest BCUT2D eigenvalue weighted by molar-refractivity contribution is 0.0696. The van der Waals surface area contributed by atoms with E-state index in [9.17, 15) is 9.90 Å². The molecule has 0 amide bonds. The van der Waals surface area contributed by atoms with Gasteiger partial charge >= 0.3 is 5.97 Å². The van der Waals surface area contributed by atoms with Crippen LogP contribution in [-0.4, -0.2) is 20.9 Å². The van der Waals surface area contributed by atoms with Crippen molar-refractivity contribution in [3.63, 3.8) is 0 Å². The molecule has 0 aliphatic rings. The van der Waals surface area contributed by atoms with Gasteiger partial charge in [-0.05, 0) is 24.5 Å². The first-order chi connectivity index (χ1) is 9.97. The highest BCUT2D eigenvalue weighted by Crippen LogP contribution is 2.16. The number of aromatic carboxylic acids is 1. The fraction of sp³-hybridized carbons (Fsp3) is 0.375. The first kappa shape index (κ1) is 15.1. The zero-order valence-corrected chi connectivity index (χ0v) is 12.6. The minimum absolute atomic E-state index is 0.331. The molecule has 0 spiro atoms. The molecule has 2 aromatic rings. The summed E-state index contributed by atoms with van der Waals surface area (Å²) in [4.78, 5) is 11.2. The average molecular weight is 287 g/mol. The molecular weight excluding hydrogens is 266 g/mol. The van der Waals surface area contributed by atoms with E-state index in [1.807, 2.05) is 29.9 Å². The van der Waals surface area contributed by atoms with Gasteiger partial charge < -0.3 is 10.4 Å². The fourth-order valence-electron chi connectivity index (χ4n) is 2.23. The molecule has 0 aliphatic carbocycles. The number of aromatic nitrogens is 2. The van der Waals surface area contributed by atoms with Gasteiger partial charge in [0.15, 0.2) is 0 Å². The van der Waals surface area contributed by atoms with Gasteiger partial charge in [-0.2, -0.15) is 5.10 Å². The van der Waals surface area contributed by atoms with Gasteiger partial charge in [0.2, 0.25) is 0 Å². The van der Waals surface area contributed by atoms with Crippen LogP contribution in [0.3, 0.4) is 0 Å². The van der Waals surface area contributed by atoms with E-state index in [4.69, 9.17) is 0 Å². The first-order valence-corrected chi connectivity index (χ1v) is 7.06. The Balaban J connectivity index is 2.10. The maximum Gasteiger partial charge on any atom is 0.336 e. The summed E-state index contributed by atoms with van der Waals surface area (Å²) in [5.74, 6) is -0.371. The van der Waals surface area contributed by atoms with E-state index in [1.54, 1.807) is 12.1 Å². The third-order valence-corrected chi connectivity index (χ3v) is 3.22. The van der Waals surface area contributed by atoms with E-state index in [-0.39, 0.29) is 0 Å². The van der Waals surface area contributed by atoms with E-state index >= 15 is 0 Å². The van der Waals surface area contributed by atoms with Crippen molar-refractivity contribution in [3.05, 3.63) is 47.3 Å². The van der Waals surface area contributed by atoms with E-state index in [2.05, 4.69) is 24.3 Å². The van der Waals surface area contributed by atoms with Crippen LogP contribution >= 0.6 is 0 Å². The average Bonchev–Trinajstić information content (AvgIpc) is 2.75. The highest BCUT2D eigenvalue weighted by molar-refractivity contribution is 5.89. The molecule has 0 fully saturated rings. The number of benzene rings is 1. The highest BCUT2D eigenvalue weighted by atomic mass is 16.4. The van der Waals surface area contributed by atoms with Crippen LogP contribution in [0, 0.1) is 12.8 Å². The molecule has 112 valence electrons. The van der Waals surface area contributed by atoms with E-state index < -0.39 is 5.97 Å². The first-order valence-electron chi connectivity index (χ1n) is 7.06. The summed E-state index contributed by atoms with van der Waals surface area (Å²) in [6, 6.07) is 7.02. The zero-order valence-electron chi connectivity index (χ0n) is 12.6. The van der Waals surface area contributed by atoms with Crippen LogP contribution in [0.4, 0.5) is 5.69 Å². The van der Waals surface area contributed by atoms with E-state index in [1.165, 1.54) is 0 Å². The molecule has 5 nitrogen and oxygen atoms in total. The summed E-state index contributed by atoms with van der Waals surface area (Å²) >= 11 is 0. The van der Waals surface area contributed by atoms with Crippen molar-refractivity contribution < 1.29 is 9.90 Å². The van der Waals surface area contributed by atoms with Crippen molar-refractivity contribution in [2.75, 3.05) is 5.32 Å². The monoisotopic (exact) mass is 287 g/mol. The number of hydrogen-bond acceptors (Lipinski definition) is 3. The van der Waals surface area contributed by atoms with Gasteiger partial charge in [-0.15, -0.1) is 0 Å². The number of carboxylic acids is 1. The van der Waals surface area contributed by atoms with Crippen molar-refractivity contribution in [1.82, 2.24) is 9.78 Å². The summed E-state index contributed by atoms with van der Waals surface area (Å²) in [6.07, 6.45) is 1.97.